The summed E-state index contributed by atoms with van der Waals surface area (Å²) in [4.78, 5) is 27.9. The summed E-state index contributed by atoms with van der Waals surface area (Å²) in [5.74, 6) is 5.56. The lowest BCUT2D eigenvalue weighted by Crippen LogP contribution is -2.47. The quantitative estimate of drug-likeness (QED) is 0.458. The van der Waals surface area contributed by atoms with Crippen LogP contribution in [-0.2, 0) is 9.59 Å². The maximum atomic E-state index is 14.7. The highest BCUT2D eigenvalue weighted by Crippen LogP contribution is 2.25. The molecule has 0 bridgehead atoms. The van der Waals surface area contributed by atoms with Crippen LogP contribution in [0.1, 0.15) is 32.1 Å². The molecule has 3 fully saturated rings. The third-order valence-electron chi connectivity index (χ3n) is 6.76. The van der Waals surface area contributed by atoms with E-state index in [1.807, 2.05) is 11.1 Å². The number of hydrogen-bond acceptors (Lipinski definition) is 7. The van der Waals surface area contributed by atoms with Crippen molar-refractivity contribution < 1.29 is 14.0 Å². The van der Waals surface area contributed by atoms with Crippen molar-refractivity contribution in [1.82, 2.24) is 15.2 Å². The van der Waals surface area contributed by atoms with Crippen molar-refractivity contribution in [3.8, 4) is 0 Å². The van der Waals surface area contributed by atoms with Gasteiger partial charge in [0.1, 0.15) is 11.9 Å². The number of piperidine rings is 2. The van der Waals surface area contributed by atoms with E-state index in [0.717, 1.165) is 57.4 Å². The zero-order chi connectivity index (χ0) is 21.8. The van der Waals surface area contributed by atoms with Gasteiger partial charge in [0, 0.05) is 51.4 Å². The number of amides is 2. The molecule has 0 radical (unpaired) electrons. The van der Waals surface area contributed by atoms with Gasteiger partial charge in [-0.2, -0.15) is 0 Å². The molecule has 3 aliphatic rings. The average Bonchev–Trinajstić information content (AvgIpc) is 2.77. The summed E-state index contributed by atoms with van der Waals surface area (Å²) in [7, 11) is 0. The second-order valence-electron chi connectivity index (χ2n) is 8.91. The first-order chi connectivity index (χ1) is 15.0. The number of rotatable bonds is 6. The average molecular weight is 433 g/mol. The van der Waals surface area contributed by atoms with E-state index < -0.39 is 11.9 Å². The molecule has 0 saturated carbocycles. The number of halogens is 1. The summed E-state index contributed by atoms with van der Waals surface area (Å²) in [6.45, 7) is 6.82. The number of carbonyl (C=O) groups excluding carboxylic acids is 2. The van der Waals surface area contributed by atoms with Gasteiger partial charge in [-0.1, -0.05) is 0 Å². The predicted molar refractivity (Wildman–Crippen MR) is 118 cm³/mol. The van der Waals surface area contributed by atoms with Crippen LogP contribution in [0.5, 0.6) is 0 Å². The van der Waals surface area contributed by atoms with Gasteiger partial charge in [-0.3, -0.25) is 25.6 Å². The van der Waals surface area contributed by atoms with Crippen LogP contribution in [0.4, 0.5) is 15.8 Å². The van der Waals surface area contributed by atoms with Crippen LogP contribution in [0.25, 0.3) is 0 Å². The molecule has 1 atom stereocenters. The summed E-state index contributed by atoms with van der Waals surface area (Å²) in [6, 6.07) is 4.53. The van der Waals surface area contributed by atoms with E-state index in [4.69, 9.17) is 5.84 Å². The summed E-state index contributed by atoms with van der Waals surface area (Å²) < 4.78 is 14.7. The van der Waals surface area contributed by atoms with E-state index in [2.05, 4.69) is 20.4 Å². The first-order valence-corrected chi connectivity index (χ1v) is 11.3. The third kappa shape index (κ3) is 5.72. The Hall–Kier alpha value is -2.23. The number of hydrazine groups is 1. The molecule has 2 amide bonds. The first kappa shape index (κ1) is 22.0. The van der Waals surface area contributed by atoms with Crippen LogP contribution >= 0.6 is 0 Å². The van der Waals surface area contributed by atoms with Crippen molar-refractivity contribution in [1.29, 1.82) is 0 Å². The largest absolute Gasteiger partial charge is 0.371 e. The minimum Gasteiger partial charge on any atom is -0.371 e. The summed E-state index contributed by atoms with van der Waals surface area (Å²) in [5, 5.41) is 7.13. The van der Waals surface area contributed by atoms with Crippen molar-refractivity contribution in [3.63, 3.8) is 0 Å². The molecule has 8 nitrogen and oxygen atoms in total. The molecule has 3 aliphatic heterocycles. The second-order valence-corrected chi connectivity index (χ2v) is 8.91. The molecule has 0 aromatic heterocycles. The fourth-order valence-electron chi connectivity index (χ4n) is 4.67. The zero-order valence-corrected chi connectivity index (χ0v) is 18.0. The summed E-state index contributed by atoms with van der Waals surface area (Å²) in [6.07, 6.45) is 4.24. The lowest BCUT2D eigenvalue weighted by atomic mass is 9.94. The molecule has 9 heteroatoms. The molecule has 3 saturated heterocycles. The fourth-order valence-corrected chi connectivity index (χ4v) is 4.67. The van der Waals surface area contributed by atoms with Crippen LogP contribution < -0.4 is 21.4 Å². The number of anilines is 2. The number of benzene rings is 1. The lowest BCUT2D eigenvalue weighted by Gasteiger charge is -2.37. The van der Waals surface area contributed by atoms with Gasteiger partial charge in [-0.25, -0.2) is 9.40 Å². The van der Waals surface area contributed by atoms with Gasteiger partial charge in [0.25, 0.3) is 0 Å². The predicted octanol–water partition coefficient (Wildman–Crippen LogP) is 1.14. The van der Waals surface area contributed by atoms with Crippen LogP contribution in [0.15, 0.2) is 18.2 Å². The minimum atomic E-state index is -0.585. The van der Waals surface area contributed by atoms with Crippen molar-refractivity contribution in [3.05, 3.63) is 24.0 Å². The van der Waals surface area contributed by atoms with Crippen LogP contribution in [0.3, 0.4) is 0 Å². The smallest absolute Gasteiger partial charge is 0.249 e. The molecular formula is C22H33FN6O2. The fraction of sp³-hybridized carbons (Fsp3) is 0.636. The molecule has 170 valence electrons. The Morgan fingerprint density at radius 2 is 1.81 bits per heavy atom. The van der Waals surface area contributed by atoms with Crippen LogP contribution in [0.2, 0.25) is 0 Å². The third-order valence-corrected chi connectivity index (χ3v) is 6.76. The van der Waals surface area contributed by atoms with Crippen molar-refractivity contribution in [2.24, 2.45) is 11.8 Å². The highest BCUT2D eigenvalue weighted by Gasteiger charge is 2.27. The van der Waals surface area contributed by atoms with E-state index in [1.54, 1.807) is 6.07 Å². The first-order valence-electron chi connectivity index (χ1n) is 11.3. The Labute approximate surface area is 182 Å². The highest BCUT2D eigenvalue weighted by molar-refractivity contribution is 6.01. The Balaban J connectivity index is 1.24. The molecule has 3 heterocycles. The Morgan fingerprint density at radius 3 is 2.48 bits per heavy atom. The van der Waals surface area contributed by atoms with Crippen molar-refractivity contribution in [2.75, 3.05) is 56.0 Å². The van der Waals surface area contributed by atoms with Gasteiger partial charge in [-0.05, 0) is 56.3 Å². The Morgan fingerprint density at radius 1 is 1.06 bits per heavy atom. The number of nitrogens with one attached hydrogen (secondary N) is 2. The van der Waals surface area contributed by atoms with Crippen molar-refractivity contribution in [2.45, 2.75) is 38.1 Å². The molecule has 4 N–H and O–H groups in total. The van der Waals surface area contributed by atoms with Crippen molar-refractivity contribution >= 4 is 23.2 Å². The summed E-state index contributed by atoms with van der Waals surface area (Å²) >= 11 is 0. The normalized spacial score (nSPS) is 24.3. The van der Waals surface area contributed by atoms with E-state index in [1.165, 1.54) is 25.3 Å². The van der Waals surface area contributed by atoms with Gasteiger partial charge in [0.05, 0.1) is 5.69 Å². The molecule has 0 aliphatic carbocycles. The zero-order valence-electron chi connectivity index (χ0n) is 18.0. The molecule has 0 spiro atoms. The highest BCUT2D eigenvalue weighted by atomic mass is 19.1. The standard InChI is InChI=1S/C22H33FN6O2/c23-18-15-17(1-2-19(18)25-20-3-4-21(30)26-22(20)31)28-13-11-27(12-14-28)8-5-16-6-9-29(24)10-7-16/h1-2,15-16,20,25H,3-14,24H2,(H,26,30,31)/t20-/m1/s1. The SMILES string of the molecule is NN1CCC(CCN2CCN(c3ccc(N[C@@H]4CCC(=O)NC4=O)c(F)c3)CC2)CC1. The summed E-state index contributed by atoms with van der Waals surface area (Å²) in [5.41, 5.74) is 1.15. The maximum Gasteiger partial charge on any atom is 0.249 e. The van der Waals surface area contributed by atoms with E-state index in [0.29, 0.717) is 12.1 Å². The Kier molecular flexibility index (Phi) is 7.04. The number of carbonyl (C=O) groups is 2. The topological polar surface area (TPSA) is 93.9 Å². The van der Waals surface area contributed by atoms with E-state index in [9.17, 15) is 14.0 Å². The molecular weight excluding hydrogens is 399 g/mol. The van der Waals surface area contributed by atoms with Crippen LogP contribution in [-0.4, -0.2) is 73.6 Å². The monoisotopic (exact) mass is 432 g/mol. The number of nitrogens with two attached hydrogens (primary N) is 1. The molecule has 1 aromatic carbocycles. The van der Waals surface area contributed by atoms with E-state index in [-0.39, 0.29) is 18.1 Å². The Bertz CT molecular complexity index is 790. The minimum absolute atomic E-state index is 0.263. The van der Waals surface area contributed by atoms with Gasteiger partial charge in [-0.15, -0.1) is 0 Å². The number of hydrogen-bond donors (Lipinski definition) is 3. The number of imide groups is 1. The van der Waals surface area contributed by atoms with Gasteiger partial charge < -0.3 is 10.2 Å². The van der Waals surface area contributed by atoms with Crippen LogP contribution in [0, 0.1) is 11.7 Å². The van der Waals surface area contributed by atoms with Gasteiger partial charge in [0.15, 0.2) is 0 Å². The lowest BCUT2D eigenvalue weighted by molar-refractivity contribution is -0.133. The maximum absolute atomic E-state index is 14.7. The number of piperazine rings is 1. The number of nitrogens with zero attached hydrogens (tertiary/aromatic N) is 3. The second kappa shape index (κ2) is 9.93. The molecule has 31 heavy (non-hydrogen) atoms. The molecule has 4 rings (SSSR count). The van der Waals surface area contributed by atoms with Gasteiger partial charge >= 0.3 is 0 Å². The molecule has 0 unspecified atom stereocenters. The van der Waals surface area contributed by atoms with E-state index >= 15 is 0 Å². The van der Waals surface area contributed by atoms with Gasteiger partial charge in [0.2, 0.25) is 11.8 Å². The molecule has 1 aromatic rings.